The van der Waals surface area contributed by atoms with Crippen LogP contribution in [-0.2, 0) is 0 Å². The Morgan fingerprint density at radius 1 is 1.14 bits per heavy atom. The molecule has 0 saturated heterocycles. The van der Waals surface area contributed by atoms with Gasteiger partial charge in [0.1, 0.15) is 4.99 Å². The van der Waals surface area contributed by atoms with Gasteiger partial charge in [0.15, 0.2) is 0 Å². The summed E-state index contributed by atoms with van der Waals surface area (Å²) in [5, 5.41) is 0. The summed E-state index contributed by atoms with van der Waals surface area (Å²) in [6.07, 6.45) is 2.04. The smallest absolute Gasteiger partial charge is 0.107 e. The van der Waals surface area contributed by atoms with E-state index in [1.54, 1.807) is 11.8 Å². The highest BCUT2D eigenvalue weighted by Crippen LogP contribution is 2.33. The fourth-order valence-corrected chi connectivity index (χ4v) is 3.41. The predicted octanol–water partition coefficient (Wildman–Crippen LogP) is 4.43. The van der Waals surface area contributed by atoms with Gasteiger partial charge in [0.25, 0.3) is 0 Å². The molecule has 0 radical (unpaired) electrons. The van der Waals surface area contributed by atoms with E-state index in [2.05, 4.69) is 56.1 Å². The van der Waals surface area contributed by atoms with Crippen molar-refractivity contribution >= 4 is 40.3 Å². The van der Waals surface area contributed by atoms with Gasteiger partial charge in [-0.25, -0.2) is 0 Å². The van der Waals surface area contributed by atoms with Crippen LogP contribution in [0.15, 0.2) is 41.3 Å². The van der Waals surface area contributed by atoms with Gasteiger partial charge in [-0.15, -0.1) is 11.8 Å². The third-order valence-corrected chi connectivity index (χ3v) is 4.41. The van der Waals surface area contributed by atoms with E-state index in [1.807, 2.05) is 12.3 Å². The van der Waals surface area contributed by atoms with Crippen LogP contribution in [0.25, 0.3) is 0 Å². The summed E-state index contributed by atoms with van der Waals surface area (Å²) in [5.74, 6) is 0. The van der Waals surface area contributed by atoms with E-state index in [0.29, 0.717) is 4.99 Å². The monoisotopic (exact) mass is 316 g/mol. The van der Waals surface area contributed by atoms with E-state index in [-0.39, 0.29) is 0 Å². The molecule has 2 aromatic carbocycles. The minimum Gasteiger partial charge on any atom is -0.389 e. The van der Waals surface area contributed by atoms with Crippen LogP contribution in [0.3, 0.4) is 0 Å². The summed E-state index contributed by atoms with van der Waals surface area (Å²) >= 11 is 6.92. The Hall–Kier alpha value is -1.52. The van der Waals surface area contributed by atoms with E-state index in [9.17, 15) is 0 Å². The molecule has 21 heavy (non-hydrogen) atoms. The zero-order valence-electron chi connectivity index (χ0n) is 12.8. The Morgan fingerprint density at radius 3 is 2.29 bits per heavy atom. The molecule has 0 unspecified atom stereocenters. The zero-order chi connectivity index (χ0) is 15.6. The summed E-state index contributed by atoms with van der Waals surface area (Å²) in [7, 11) is 2.05. The summed E-state index contributed by atoms with van der Waals surface area (Å²) in [6.45, 7) is 4.22. The summed E-state index contributed by atoms with van der Waals surface area (Å²) < 4.78 is 0. The third kappa shape index (κ3) is 3.39. The van der Waals surface area contributed by atoms with E-state index < -0.39 is 0 Å². The van der Waals surface area contributed by atoms with Crippen molar-refractivity contribution in [2.24, 2.45) is 5.73 Å². The Balaban J connectivity index is 2.57. The van der Waals surface area contributed by atoms with Crippen LogP contribution in [0.5, 0.6) is 0 Å². The van der Waals surface area contributed by atoms with Crippen LogP contribution < -0.4 is 10.6 Å². The number of hydrogen-bond acceptors (Lipinski definition) is 3. The molecule has 0 fully saturated rings. The number of aryl methyl sites for hydroxylation is 2. The minimum atomic E-state index is 0.436. The average molecular weight is 316 g/mol. The molecule has 0 atom stereocenters. The topological polar surface area (TPSA) is 29.3 Å². The second kappa shape index (κ2) is 6.50. The first-order chi connectivity index (χ1) is 9.93. The molecule has 0 aliphatic rings. The van der Waals surface area contributed by atoms with Crippen molar-refractivity contribution in [2.75, 3.05) is 18.2 Å². The number of hydrogen-bond donors (Lipinski definition) is 1. The predicted molar refractivity (Wildman–Crippen MR) is 98.1 cm³/mol. The molecule has 0 spiro atoms. The number of thiocarbonyl (C=S) groups is 1. The van der Waals surface area contributed by atoms with E-state index in [0.717, 1.165) is 21.8 Å². The molecule has 2 nitrogen and oxygen atoms in total. The number of nitrogens with zero attached hydrogens (tertiary/aromatic N) is 1. The van der Waals surface area contributed by atoms with Gasteiger partial charge in [0.05, 0.1) is 5.69 Å². The standard InChI is InChI=1S/C17H20N2S2/c1-11-8-12(2)10-13(9-11)19(3)14-6-5-7-15(21-4)16(14)17(18)20/h5-10H,1-4H3,(H2,18,20). The number of benzene rings is 2. The first-order valence-electron chi connectivity index (χ1n) is 6.73. The maximum absolute atomic E-state index is 5.96. The maximum Gasteiger partial charge on any atom is 0.107 e. The average Bonchev–Trinajstić information content (AvgIpc) is 2.44. The van der Waals surface area contributed by atoms with Gasteiger partial charge in [0.2, 0.25) is 0 Å². The highest BCUT2D eigenvalue weighted by molar-refractivity contribution is 7.98. The highest BCUT2D eigenvalue weighted by atomic mass is 32.2. The zero-order valence-corrected chi connectivity index (χ0v) is 14.4. The first-order valence-corrected chi connectivity index (χ1v) is 8.36. The lowest BCUT2D eigenvalue weighted by Crippen LogP contribution is -2.18. The number of rotatable bonds is 4. The van der Waals surface area contributed by atoms with Gasteiger partial charge < -0.3 is 10.6 Å². The molecule has 2 rings (SSSR count). The molecule has 0 bridgehead atoms. The van der Waals surface area contributed by atoms with Gasteiger partial charge in [-0.2, -0.15) is 0 Å². The van der Waals surface area contributed by atoms with E-state index in [1.165, 1.54) is 11.1 Å². The first kappa shape index (κ1) is 15.9. The fourth-order valence-electron chi connectivity index (χ4n) is 2.50. The molecule has 2 N–H and O–H groups in total. The van der Waals surface area contributed by atoms with E-state index >= 15 is 0 Å². The van der Waals surface area contributed by atoms with E-state index in [4.69, 9.17) is 18.0 Å². The van der Waals surface area contributed by atoms with Crippen molar-refractivity contribution in [3.8, 4) is 0 Å². The van der Waals surface area contributed by atoms with Crippen LogP contribution in [0.4, 0.5) is 11.4 Å². The molecule has 0 aliphatic heterocycles. The Bertz CT molecular complexity index is 660. The molecule has 110 valence electrons. The SMILES string of the molecule is CSc1cccc(N(C)c2cc(C)cc(C)c2)c1C(N)=S. The van der Waals surface area contributed by atoms with Gasteiger partial charge >= 0.3 is 0 Å². The minimum absolute atomic E-state index is 0.436. The molecular formula is C17H20N2S2. The van der Waals surface area contributed by atoms with Crippen molar-refractivity contribution in [3.63, 3.8) is 0 Å². The van der Waals surface area contributed by atoms with Gasteiger partial charge in [-0.1, -0.05) is 24.4 Å². The molecule has 0 aromatic heterocycles. The van der Waals surface area contributed by atoms with Crippen molar-refractivity contribution in [1.29, 1.82) is 0 Å². The van der Waals surface area contributed by atoms with Crippen LogP contribution in [-0.4, -0.2) is 18.3 Å². The Labute approximate surface area is 136 Å². The summed E-state index contributed by atoms with van der Waals surface area (Å²) in [4.78, 5) is 3.69. The molecule has 2 aromatic rings. The molecule has 4 heteroatoms. The van der Waals surface area contributed by atoms with Crippen molar-refractivity contribution in [2.45, 2.75) is 18.7 Å². The molecule has 0 amide bonds. The molecule has 0 saturated carbocycles. The lowest BCUT2D eigenvalue weighted by Gasteiger charge is -2.24. The van der Waals surface area contributed by atoms with Crippen LogP contribution >= 0.6 is 24.0 Å². The van der Waals surface area contributed by atoms with Gasteiger partial charge in [-0.3, -0.25) is 0 Å². The van der Waals surface area contributed by atoms with Crippen LogP contribution in [0.1, 0.15) is 16.7 Å². The van der Waals surface area contributed by atoms with Crippen molar-refractivity contribution < 1.29 is 0 Å². The largest absolute Gasteiger partial charge is 0.389 e. The third-order valence-electron chi connectivity index (χ3n) is 3.43. The lowest BCUT2D eigenvalue weighted by atomic mass is 10.1. The lowest BCUT2D eigenvalue weighted by molar-refractivity contribution is 1.17. The maximum atomic E-state index is 5.96. The molecule has 0 heterocycles. The van der Waals surface area contributed by atoms with Crippen molar-refractivity contribution in [1.82, 2.24) is 0 Å². The second-order valence-corrected chi connectivity index (χ2v) is 6.41. The number of thioether (sulfide) groups is 1. The molecular weight excluding hydrogens is 296 g/mol. The fraction of sp³-hybridized carbons (Fsp3) is 0.235. The Kier molecular flexibility index (Phi) is 4.91. The Morgan fingerprint density at radius 2 is 1.76 bits per heavy atom. The second-order valence-electron chi connectivity index (χ2n) is 5.12. The number of anilines is 2. The van der Waals surface area contributed by atoms with Crippen LogP contribution in [0, 0.1) is 13.8 Å². The normalized spacial score (nSPS) is 10.5. The van der Waals surface area contributed by atoms with Gasteiger partial charge in [-0.05, 0) is 55.5 Å². The summed E-state index contributed by atoms with van der Waals surface area (Å²) in [5.41, 5.74) is 11.6. The highest BCUT2D eigenvalue weighted by Gasteiger charge is 2.15. The number of nitrogens with two attached hydrogens (primary N) is 1. The van der Waals surface area contributed by atoms with Crippen molar-refractivity contribution in [3.05, 3.63) is 53.1 Å². The summed E-state index contributed by atoms with van der Waals surface area (Å²) in [6, 6.07) is 12.7. The molecule has 0 aliphatic carbocycles. The van der Waals surface area contributed by atoms with Crippen LogP contribution in [0.2, 0.25) is 0 Å². The quantitative estimate of drug-likeness (QED) is 0.667. The van der Waals surface area contributed by atoms with Gasteiger partial charge in [0, 0.05) is 23.2 Å².